The van der Waals surface area contributed by atoms with Crippen molar-refractivity contribution in [2.24, 2.45) is 0 Å². The van der Waals surface area contributed by atoms with E-state index in [1.807, 2.05) is 33.8 Å². The number of carbonyl (C=O) groups excluding carboxylic acids is 1. The van der Waals surface area contributed by atoms with E-state index in [0.717, 1.165) is 63.0 Å². The number of phenols is 2. The molecular formula is C32H64ClN11O3. The van der Waals surface area contributed by atoms with E-state index in [9.17, 15) is 15.0 Å². The van der Waals surface area contributed by atoms with Crippen molar-refractivity contribution in [1.82, 2.24) is 39.6 Å². The molecule has 1 aromatic heterocycles. The first kappa shape index (κ1) is 43.0. The molecule has 1 amide bonds. The Hall–Kier alpha value is -3.95. The quantitative estimate of drug-likeness (QED) is 0.103. The molecule has 15 heteroatoms. The third kappa shape index (κ3) is 10.3. The van der Waals surface area contributed by atoms with Crippen LogP contribution in [0.5, 0.6) is 11.5 Å². The second-order valence-corrected chi connectivity index (χ2v) is 12.0. The largest absolute Gasteiger partial charge is 0.507 e. The topological polar surface area (TPSA) is 267 Å². The van der Waals surface area contributed by atoms with Gasteiger partial charge in [-0.2, -0.15) is 15.0 Å². The van der Waals surface area contributed by atoms with Gasteiger partial charge in [-0.15, -0.1) is 12.4 Å². The van der Waals surface area contributed by atoms with Crippen molar-refractivity contribution in [2.75, 3.05) is 46.6 Å². The van der Waals surface area contributed by atoms with Crippen molar-refractivity contribution >= 4 is 47.5 Å². The zero-order valence-electron chi connectivity index (χ0n) is 28.4. The fourth-order valence-electron chi connectivity index (χ4n) is 5.54. The predicted octanol–water partition coefficient (Wildman–Crippen LogP) is 8.56. The summed E-state index contributed by atoms with van der Waals surface area (Å²) in [5.41, 5.74) is 2.70. The van der Waals surface area contributed by atoms with Crippen LogP contribution in [-0.2, 0) is 0 Å². The fraction of sp³-hybridized carbons (Fsp3) is 0.500. The Labute approximate surface area is 290 Å². The molecule has 3 heterocycles. The molecule has 2 aromatic carbocycles. The molecule has 3 aromatic rings. The summed E-state index contributed by atoms with van der Waals surface area (Å²) in [5, 5.41) is 27.7. The summed E-state index contributed by atoms with van der Waals surface area (Å²) in [6, 6.07) is 8.58. The standard InChI is InChI=1S/C32H43N7O3.ClH.4H3N.4H2/c1-20(2)22-17-24(21(3)4)28(41)25(18-22)29(42)34-26-12-11-23(19-27(26)40)33-30-35-31(38-13-7-5-8-14-38)37-32(36-30)39-15-9-6-10-16-39;;;;;;;;;/h11-12,17-21,40-41H,5-10,13-16H2,1-4H3,(H,34,42)(H,33,35,36,37);1H;4*1H3;4*1H. The molecule has 0 radical (unpaired) electrons. The highest BCUT2D eigenvalue weighted by molar-refractivity contribution is 6.07. The molecule has 0 saturated carbocycles. The van der Waals surface area contributed by atoms with Crippen LogP contribution in [0.1, 0.15) is 105 Å². The highest BCUT2D eigenvalue weighted by Crippen LogP contribution is 2.35. The lowest BCUT2D eigenvalue weighted by Crippen LogP contribution is -2.34. The van der Waals surface area contributed by atoms with Gasteiger partial charge in [-0.1, -0.05) is 33.8 Å². The molecule has 0 spiro atoms. The highest BCUT2D eigenvalue weighted by atomic mass is 35.5. The van der Waals surface area contributed by atoms with Crippen molar-refractivity contribution in [3.63, 3.8) is 0 Å². The van der Waals surface area contributed by atoms with E-state index in [4.69, 9.17) is 15.0 Å². The molecule has 16 N–H and O–H groups in total. The number of anilines is 5. The second kappa shape index (κ2) is 19.0. The fourth-order valence-corrected chi connectivity index (χ4v) is 5.54. The van der Waals surface area contributed by atoms with Crippen LogP contribution in [-0.4, -0.2) is 57.3 Å². The number of carbonyl (C=O) groups is 1. The molecule has 47 heavy (non-hydrogen) atoms. The summed E-state index contributed by atoms with van der Waals surface area (Å²) < 4.78 is 0. The van der Waals surface area contributed by atoms with E-state index in [0.29, 0.717) is 23.5 Å². The highest BCUT2D eigenvalue weighted by Gasteiger charge is 2.22. The lowest BCUT2D eigenvalue weighted by atomic mass is 9.91. The van der Waals surface area contributed by atoms with E-state index in [1.54, 1.807) is 18.2 Å². The van der Waals surface area contributed by atoms with Crippen molar-refractivity contribution < 1.29 is 20.7 Å². The van der Waals surface area contributed by atoms with Gasteiger partial charge in [0.25, 0.3) is 5.91 Å². The Balaban J connectivity index is -0.000000784. The molecule has 272 valence electrons. The third-order valence-corrected chi connectivity index (χ3v) is 8.09. The van der Waals surface area contributed by atoms with Gasteiger partial charge in [0.05, 0.1) is 11.3 Å². The van der Waals surface area contributed by atoms with Crippen molar-refractivity contribution in [1.29, 1.82) is 0 Å². The summed E-state index contributed by atoms with van der Waals surface area (Å²) in [6.07, 6.45) is 6.91. The van der Waals surface area contributed by atoms with Crippen LogP contribution in [0.2, 0.25) is 0 Å². The molecular weight excluding hydrogens is 622 g/mol. The van der Waals surface area contributed by atoms with Gasteiger partial charge in [-0.3, -0.25) is 4.79 Å². The van der Waals surface area contributed by atoms with Crippen molar-refractivity contribution in [2.45, 2.75) is 78.1 Å². The maximum absolute atomic E-state index is 13.3. The molecule has 0 aliphatic carbocycles. The number of halogens is 1. The average Bonchev–Trinajstić information content (AvgIpc) is 2.99. The van der Waals surface area contributed by atoms with Gasteiger partial charge in [0.1, 0.15) is 11.5 Å². The van der Waals surface area contributed by atoms with Gasteiger partial charge in [-0.05, 0) is 79.7 Å². The van der Waals surface area contributed by atoms with E-state index in [2.05, 4.69) is 20.4 Å². The minimum atomic E-state index is -0.484. The minimum absolute atomic E-state index is 0. The first-order valence-corrected chi connectivity index (χ1v) is 15.2. The summed E-state index contributed by atoms with van der Waals surface area (Å²) in [7, 11) is 0. The predicted molar refractivity (Wildman–Crippen MR) is 203 cm³/mol. The molecule has 14 nitrogen and oxygen atoms in total. The Kier molecular flexibility index (Phi) is 17.4. The summed E-state index contributed by atoms with van der Waals surface area (Å²) >= 11 is 0. The maximum atomic E-state index is 13.3. The second-order valence-electron chi connectivity index (χ2n) is 12.0. The van der Waals surface area contributed by atoms with E-state index in [1.165, 1.54) is 18.9 Å². The van der Waals surface area contributed by atoms with E-state index in [-0.39, 0.29) is 77.3 Å². The molecule has 2 aliphatic rings. The van der Waals surface area contributed by atoms with E-state index >= 15 is 0 Å². The molecule has 2 aliphatic heterocycles. The normalized spacial score (nSPS) is 14.1. The van der Waals surface area contributed by atoms with Gasteiger partial charge in [-0.25, -0.2) is 0 Å². The van der Waals surface area contributed by atoms with Gasteiger partial charge in [0, 0.05) is 43.6 Å². The number of hydrogen-bond donors (Lipinski definition) is 8. The Morgan fingerprint density at radius 3 is 1.77 bits per heavy atom. The number of aromatic nitrogens is 3. The first-order valence-electron chi connectivity index (χ1n) is 15.2. The number of nitrogens with zero attached hydrogens (tertiary/aromatic N) is 5. The molecule has 2 saturated heterocycles. The summed E-state index contributed by atoms with van der Waals surface area (Å²) in [4.78, 5) is 32.0. The number of hydrogen-bond acceptors (Lipinski definition) is 13. The summed E-state index contributed by atoms with van der Waals surface area (Å²) in [5.74, 6) is 1.37. The van der Waals surface area contributed by atoms with Gasteiger partial charge >= 0.3 is 0 Å². The minimum Gasteiger partial charge on any atom is -0.507 e. The Bertz CT molecular complexity index is 1410. The lowest BCUT2D eigenvalue weighted by Gasteiger charge is -2.30. The smallest absolute Gasteiger partial charge is 0.259 e. The molecule has 0 bridgehead atoms. The van der Waals surface area contributed by atoms with Crippen LogP contribution >= 0.6 is 12.4 Å². The third-order valence-electron chi connectivity index (χ3n) is 8.09. The molecule has 0 atom stereocenters. The monoisotopic (exact) mass is 685 g/mol. The summed E-state index contributed by atoms with van der Waals surface area (Å²) in [6.45, 7) is 11.8. The molecule has 0 unspecified atom stereocenters. The average molecular weight is 686 g/mol. The van der Waals surface area contributed by atoms with Gasteiger partial charge in [0.2, 0.25) is 17.8 Å². The van der Waals surface area contributed by atoms with Gasteiger partial charge in [0.15, 0.2) is 0 Å². The van der Waals surface area contributed by atoms with Crippen molar-refractivity contribution in [3.8, 4) is 11.5 Å². The van der Waals surface area contributed by atoms with Crippen LogP contribution in [0.3, 0.4) is 0 Å². The number of phenolic OH excluding ortho intramolecular Hbond substituents is 2. The number of benzene rings is 2. The number of piperidine rings is 2. The SMILES string of the molecule is CC(C)c1cc(C(=O)Nc2ccc(Nc3nc(N4CCCCC4)nc(N4CCCCC4)n3)cc2O)c(O)c(C(C)C)c1.Cl.N.N.N.N.[HH].[HH].[HH].[HH]. The Morgan fingerprint density at radius 1 is 0.766 bits per heavy atom. The van der Waals surface area contributed by atoms with Crippen LogP contribution in [0.4, 0.5) is 29.2 Å². The van der Waals surface area contributed by atoms with E-state index < -0.39 is 5.91 Å². The zero-order chi connectivity index (χ0) is 29.8. The maximum Gasteiger partial charge on any atom is 0.259 e. The molecule has 2 fully saturated rings. The number of nitrogens with one attached hydrogen (secondary N) is 2. The van der Waals surface area contributed by atoms with Crippen LogP contribution < -0.4 is 45.0 Å². The van der Waals surface area contributed by atoms with Crippen LogP contribution in [0.15, 0.2) is 30.3 Å². The number of rotatable bonds is 8. The zero-order valence-corrected chi connectivity index (χ0v) is 29.2. The Morgan fingerprint density at radius 2 is 1.30 bits per heavy atom. The van der Waals surface area contributed by atoms with Gasteiger partial charge < -0.3 is 55.2 Å². The van der Waals surface area contributed by atoms with Crippen LogP contribution in [0.25, 0.3) is 0 Å². The number of aromatic hydroxyl groups is 2. The number of amides is 1. The van der Waals surface area contributed by atoms with Crippen LogP contribution in [0, 0.1) is 0 Å². The van der Waals surface area contributed by atoms with Crippen molar-refractivity contribution in [3.05, 3.63) is 47.0 Å². The lowest BCUT2D eigenvalue weighted by molar-refractivity contribution is 0.102. The molecule has 5 rings (SSSR count). The first-order chi connectivity index (χ1) is 20.2.